The van der Waals surface area contributed by atoms with Crippen LogP contribution >= 0.6 is 11.6 Å². The molecule has 0 aromatic heterocycles. The number of likely N-dealkylation sites (N-methyl/N-ethyl adjacent to an activating group) is 1. The summed E-state index contributed by atoms with van der Waals surface area (Å²) in [6, 6.07) is 28.3. The van der Waals surface area contributed by atoms with Gasteiger partial charge in [-0.3, -0.25) is 13.9 Å². The second-order valence-corrected chi connectivity index (χ2v) is 12.3. The molecular weight excluding hydrogens is 586 g/mol. The van der Waals surface area contributed by atoms with Crippen molar-refractivity contribution in [3.05, 3.63) is 125 Å². The van der Waals surface area contributed by atoms with Gasteiger partial charge in [0, 0.05) is 31.1 Å². The predicted octanol–water partition coefficient (Wildman–Crippen LogP) is 5.24. The number of halogens is 1. The summed E-state index contributed by atoms with van der Waals surface area (Å²) in [7, 11) is -1.22. The second kappa shape index (κ2) is 14.2. The minimum Gasteiger partial charge on any atom is -0.497 e. The van der Waals surface area contributed by atoms with E-state index in [1.54, 1.807) is 60.7 Å². The molecule has 43 heavy (non-hydrogen) atoms. The molecule has 0 aliphatic carbocycles. The molecule has 1 N–H and O–H groups in total. The average molecular weight is 620 g/mol. The fourth-order valence-electron chi connectivity index (χ4n) is 4.68. The molecule has 4 rings (SSSR count). The van der Waals surface area contributed by atoms with Crippen molar-refractivity contribution in [1.29, 1.82) is 0 Å². The fraction of sp³-hybridized carbons (Fsp3) is 0.212. The zero-order valence-electron chi connectivity index (χ0n) is 24.2. The number of sulfonamides is 1. The van der Waals surface area contributed by atoms with Crippen molar-refractivity contribution in [3.63, 3.8) is 0 Å². The van der Waals surface area contributed by atoms with Crippen LogP contribution in [0.1, 0.15) is 16.7 Å². The maximum Gasteiger partial charge on any atom is 0.264 e. The Morgan fingerprint density at radius 2 is 1.56 bits per heavy atom. The van der Waals surface area contributed by atoms with Gasteiger partial charge < -0.3 is 15.0 Å². The van der Waals surface area contributed by atoms with Crippen LogP contribution in [-0.4, -0.2) is 51.9 Å². The van der Waals surface area contributed by atoms with Gasteiger partial charge in [0.25, 0.3) is 10.0 Å². The lowest BCUT2D eigenvalue weighted by Gasteiger charge is -2.33. The number of nitrogens with one attached hydrogen (secondary N) is 1. The van der Waals surface area contributed by atoms with Gasteiger partial charge in [-0.25, -0.2) is 8.42 Å². The first kappa shape index (κ1) is 31.6. The molecule has 10 heteroatoms. The molecule has 0 saturated carbocycles. The Morgan fingerprint density at radius 3 is 2.21 bits per heavy atom. The number of ether oxygens (including phenoxy) is 1. The van der Waals surface area contributed by atoms with E-state index in [1.165, 1.54) is 31.2 Å². The summed E-state index contributed by atoms with van der Waals surface area (Å²) >= 11 is 6.26. The minimum atomic E-state index is -4.21. The number of anilines is 1. The summed E-state index contributed by atoms with van der Waals surface area (Å²) < 4.78 is 34.5. The van der Waals surface area contributed by atoms with E-state index in [9.17, 15) is 18.0 Å². The van der Waals surface area contributed by atoms with Gasteiger partial charge in [-0.15, -0.1) is 0 Å². The minimum absolute atomic E-state index is 0.0286. The lowest BCUT2D eigenvalue weighted by molar-refractivity contribution is -0.139. The molecule has 4 aromatic carbocycles. The van der Waals surface area contributed by atoms with Crippen LogP contribution in [-0.2, 0) is 32.6 Å². The van der Waals surface area contributed by atoms with Crippen LogP contribution in [0.5, 0.6) is 5.75 Å². The molecule has 1 atom stereocenters. The highest BCUT2D eigenvalue weighted by Crippen LogP contribution is 2.28. The van der Waals surface area contributed by atoms with Crippen LogP contribution in [0.15, 0.2) is 108 Å². The number of carbonyl (C=O) groups excluding carboxylic acids is 2. The number of methoxy groups -OCH3 is 1. The van der Waals surface area contributed by atoms with E-state index < -0.39 is 28.5 Å². The Morgan fingerprint density at radius 1 is 0.884 bits per heavy atom. The molecule has 0 fully saturated rings. The zero-order chi connectivity index (χ0) is 31.0. The molecule has 0 aliphatic rings. The van der Waals surface area contributed by atoms with Gasteiger partial charge in [-0.1, -0.05) is 77.8 Å². The molecule has 2 amide bonds. The fourth-order valence-corrected chi connectivity index (χ4v) is 6.30. The quantitative estimate of drug-likeness (QED) is 0.234. The van der Waals surface area contributed by atoms with Crippen molar-refractivity contribution in [2.24, 2.45) is 0 Å². The lowest BCUT2D eigenvalue weighted by Crippen LogP contribution is -2.53. The SMILES string of the molecule is CNC(=O)[C@@H](Cc1ccccc1)N(Cc1cccc(Cl)c1)C(=O)CN(c1cccc(OC)c1)S(=O)(=O)c1ccc(C)cc1. The van der Waals surface area contributed by atoms with E-state index in [2.05, 4.69) is 5.32 Å². The highest BCUT2D eigenvalue weighted by molar-refractivity contribution is 7.92. The third-order valence-electron chi connectivity index (χ3n) is 6.99. The van der Waals surface area contributed by atoms with Crippen molar-refractivity contribution >= 4 is 39.1 Å². The van der Waals surface area contributed by atoms with E-state index in [0.717, 1.165) is 15.4 Å². The smallest absolute Gasteiger partial charge is 0.264 e. The molecular formula is C33H34ClN3O5S. The van der Waals surface area contributed by atoms with Crippen molar-refractivity contribution in [2.45, 2.75) is 30.8 Å². The van der Waals surface area contributed by atoms with Gasteiger partial charge in [0.2, 0.25) is 11.8 Å². The molecule has 0 bridgehead atoms. The Labute approximate surface area is 257 Å². The first-order chi connectivity index (χ1) is 20.6. The first-order valence-electron chi connectivity index (χ1n) is 13.6. The summed E-state index contributed by atoms with van der Waals surface area (Å²) in [5.41, 5.74) is 2.68. The van der Waals surface area contributed by atoms with Gasteiger partial charge in [0.1, 0.15) is 18.3 Å². The Hall–Kier alpha value is -4.34. The van der Waals surface area contributed by atoms with Crippen molar-refractivity contribution in [1.82, 2.24) is 10.2 Å². The highest BCUT2D eigenvalue weighted by Gasteiger charge is 2.34. The normalized spacial score (nSPS) is 11.8. The average Bonchev–Trinajstić information content (AvgIpc) is 3.01. The summed E-state index contributed by atoms with van der Waals surface area (Å²) in [4.78, 5) is 29.1. The largest absolute Gasteiger partial charge is 0.497 e. The zero-order valence-corrected chi connectivity index (χ0v) is 25.8. The van der Waals surface area contributed by atoms with Crippen LogP contribution in [0.25, 0.3) is 0 Å². The van der Waals surface area contributed by atoms with Crippen LogP contribution in [0.4, 0.5) is 5.69 Å². The highest BCUT2D eigenvalue weighted by atomic mass is 35.5. The van der Waals surface area contributed by atoms with E-state index in [1.807, 2.05) is 37.3 Å². The molecule has 0 spiro atoms. The standard InChI is InChI=1S/C33H34ClN3O5S/c1-24-15-17-30(18-16-24)43(40,41)37(28-13-8-14-29(21-28)42-3)23-32(38)36(22-26-11-7-12-27(34)19-26)31(33(39)35-2)20-25-9-5-4-6-10-25/h4-19,21,31H,20,22-23H2,1-3H3,(H,35,39)/t31-/m1/s1. The van der Waals surface area contributed by atoms with Crippen molar-refractivity contribution in [3.8, 4) is 5.75 Å². The number of aryl methyl sites for hydroxylation is 1. The van der Waals surface area contributed by atoms with Crippen LogP contribution < -0.4 is 14.4 Å². The van der Waals surface area contributed by atoms with E-state index in [0.29, 0.717) is 16.3 Å². The van der Waals surface area contributed by atoms with Crippen LogP contribution in [0.2, 0.25) is 5.02 Å². The summed E-state index contributed by atoms with van der Waals surface area (Å²) in [5, 5.41) is 3.15. The first-order valence-corrected chi connectivity index (χ1v) is 15.5. The molecule has 224 valence electrons. The van der Waals surface area contributed by atoms with E-state index in [-0.39, 0.29) is 29.5 Å². The lowest BCUT2D eigenvalue weighted by atomic mass is 10.0. The number of nitrogens with zero attached hydrogens (tertiary/aromatic N) is 2. The van der Waals surface area contributed by atoms with E-state index >= 15 is 0 Å². The summed E-state index contributed by atoms with van der Waals surface area (Å²) in [5.74, 6) is -0.520. The maximum absolute atomic E-state index is 14.3. The monoisotopic (exact) mass is 619 g/mol. The number of rotatable bonds is 12. The number of benzene rings is 4. The molecule has 0 unspecified atom stereocenters. The van der Waals surface area contributed by atoms with Gasteiger partial charge >= 0.3 is 0 Å². The van der Waals surface area contributed by atoms with E-state index in [4.69, 9.17) is 16.3 Å². The number of amides is 2. The molecule has 8 nitrogen and oxygen atoms in total. The predicted molar refractivity (Wildman–Crippen MR) is 169 cm³/mol. The molecule has 0 heterocycles. The summed E-state index contributed by atoms with van der Waals surface area (Å²) in [6.45, 7) is 1.33. The molecule has 0 radical (unpaired) electrons. The third-order valence-corrected chi connectivity index (χ3v) is 9.01. The van der Waals surface area contributed by atoms with Gasteiger partial charge in [-0.2, -0.15) is 0 Å². The van der Waals surface area contributed by atoms with Gasteiger partial charge in [0.05, 0.1) is 17.7 Å². The van der Waals surface area contributed by atoms with Gasteiger partial charge in [0.15, 0.2) is 0 Å². The Bertz CT molecular complexity index is 1660. The molecule has 4 aromatic rings. The molecule has 0 saturated heterocycles. The number of hydrogen-bond donors (Lipinski definition) is 1. The Balaban J connectivity index is 1.80. The number of hydrogen-bond acceptors (Lipinski definition) is 5. The Kier molecular flexibility index (Phi) is 10.4. The van der Waals surface area contributed by atoms with Gasteiger partial charge in [-0.05, 0) is 54.4 Å². The second-order valence-electron chi connectivity index (χ2n) is 10.00. The molecule has 0 aliphatic heterocycles. The number of carbonyl (C=O) groups is 2. The van der Waals surface area contributed by atoms with Crippen LogP contribution in [0.3, 0.4) is 0 Å². The topological polar surface area (TPSA) is 96.0 Å². The maximum atomic E-state index is 14.3. The third kappa shape index (κ3) is 7.94. The van der Waals surface area contributed by atoms with Crippen molar-refractivity contribution in [2.75, 3.05) is 25.0 Å². The van der Waals surface area contributed by atoms with Crippen LogP contribution in [0, 0.1) is 6.92 Å². The summed E-state index contributed by atoms with van der Waals surface area (Å²) in [6.07, 6.45) is 0.219. The van der Waals surface area contributed by atoms with Crippen molar-refractivity contribution < 1.29 is 22.7 Å².